The smallest absolute Gasteiger partial charge is 0.0130 e. The summed E-state index contributed by atoms with van der Waals surface area (Å²) < 4.78 is 0. The zero-order valence-electron chi connectivity index (χ0n) is 9.05. The minimum Gasteiger partial charge on any atom is -0.116 e. The van der Waals surface area contributed by atoms with E-state index in [4.69, 9.17) is 0 Å². The van der Waals surface area contributed by atoms with Gasteiger partial charge in [-0.05, 0) is 52.6 Å². The van der Waals surface area contributed by atoms with Crippen LogP contribution in [-0.4, -0.2) is 52.6 Å². The van der Waals surface area contributed by atoms with E-state index >= 15 is 0 Å². The van der Waals surface area contributed by atoms with Crippen molar-refractivity contribution in [1.82, 2.24) is 0 Å². The van der Waals surface area contributed by atoms with E-state index in [0.717, 1.165) is 0 Å². The average Bonchev–Trinajstić information content (AvgIpc) is 1.56. The summed E-state index contributed by atoms with van der Waals surface area (Å²) >= 11 is 0. The fourth-order valence-corrected chi connectivity index (χ4v) is 5.09. The van der Waals surface area contributed by atoms with Gasteiger partial charge in [-0.2, -0.15) is 0 Å². The monoisotopic (exact) mass is 212 g/mol. The third kappa shape index (κ3) is 34.8. The summed E-state index contributed by atoms with van der Waals surface area (Å²) in [6.07, 6.45) is 0. The SMILES string of the molecule is CP(C)C.CP(C)CP(C)C. The van der Waals surface area contributed by atoms with Crippen molar-refractivity contribution in [2.24, 2.45) is 0 Å². The Hall–Kier alpha value is 1.29. The van der Waals surface area contributed by atoms with Crippen LogP contribution in [0, 0.1) is 0 Å². The van der Waals surface area contributed by atoms with Crippen LogP contribution in [0.4, 0.5) is 0 Å². The minimum absolute atomic E-state index is 0.380. The van der Waals surface area contributed by atoms with Crippen LogP contribution in [-0.2, 0) is 0 Å². The first kappa shape index (κ1) is 14.8. The van der Waals surface area contributed by atoms with E-state index in [9.17, 15) is 0 Å². The molecule has 0 amide bonds. The fourth-order valence-electron chi connectivity index (χ4n) is 0.566. The molecule has 3 heteroatoms. The molecular weight excluding hydrogens is 189 g/mol. The van der Waals surface area contributed by atoms with Crippen molar-refractivity contribution in [3.05, 3.63) is 0 Å². The first-order chi connectivity index (χ1) is 4.86. The summed E-state index contributed by atoms with van der Waals surface area (Å²) in [5.74, 6) is 1.49. The molecule has 0 heterocycles. The van der Waals surface area contributed by atoms with E-state index in [1.54, 1.807) is 0 Å². The number of hydrogen-bond donors (Lipinski definition) is 0. The van der Waals surface area contributed by atoms with Crippen molar-refractivity contribution < 1.29 is 0 Å². The van der Waals surface area contributed by atoms with Crippen molar-refractivity contribution >= 4 is 23.8 Å². The number of rotatable bonds is 2. The molecule has 0 aliphatic heterocycles. The van der Waals surface area contributed by atoms with Crippen LogP contribution in [0.25, 0.3) is 0 Å². The molecule has 0 aromatic carbocycles. The van der Waals surface area contributed by atoms with Gasteiger partial charge < -0.3 is 0 Å². The van der Waals surface area contributed by atoms with Gasteiger partial charge in [0.2, 0.25) is 0 Å². The maximum absolute atomic E-state index is 2.34. The van der Waals surface area contributed by atoms with Crippen molar-refractivity contribution in [3.63, 3.8) is 0 Å². The normalized spacial score (nSPS) is 10.4. The molecule has 0 fully saturated rings. The fraction of sp³-hybridized carbons (Fsp3) is 1.00. The molecule has 70 valence electrons. The zero-order valence-corrected chi connectivity index (χ0v) is 11.7. The molecular formula is C8H23P3. The molecule has 0 bridgehead atoms. The summed E-state index contributed by atoms with van der Waals surface area (Å²) in [5.41, 5.74) is 0. The lowest BCUT2D eigenvalue weighted by molar-refractivity contribution is 1.95. The van der Waals surface area contributed by atoms with Crippen LogP contribution in [0.3, 0.4) is 0 Å². The summed E-state index contributed by atoms with van der Waals surface area (Å²) in [7, 11) is 1.16. The minimum atomic E-state index is 0.380. The van der Waals surface area contributed by atoms with Crippen LogP contribution in [0.5, 0.6) is 0 Å². The molecule has 0 radical (unpaired) electrons. The Morgan fingerprint density at radius 3 is 0.818 bits per heavy atom. The lowest BCUT2D eigenvalue weighted by atomic mass is 11.8. The van der Waals surface area contributed by atoms with Gasteiger partial charge in [0.1, 0.15) is 0 Å². The Morgan fingerprint density at radius 1 is 0.636 bits per heavy atom. The van der Waals surface area contributed by atoms with Crippen LogP contribution >= 0.6 is 23.8 Å². The Morgan fingerprint density at radius 2 is 0.818 bits per heavy atom. The van der Waals surface area contributed by atoms with Gasteiger partial charge >= 0.3 is 0 Å². The van der Waals surface area contributed by atoms with Crippen LogP contribution < -0.4 is 0 Å². The molecule has 0 rings (SSSR count). The van der Waals surface area contributed by atoms with E-state index in [-0.39, 0.29) is 0 Å². The van der Waals surface area contributed by atoms with E-state index in [2.05, 4.69) is 46.7 Å². The Labute approximate surface area is 76.8 Å². The zero-order chi connectivity index (χ0) is 9.44. The first-order valence-electron chi connectivity index (χ1n) is 3.76. The van der Waals surface area contributed by atoms with Gasteiger partial charge in [-0.1, -0.05) is 0 Å². The topological polar surface area (TPSA) is 0 Å². The highest BCUT2D eigenvalue weighted by atomic mass is 31.2. The Kier molecular flexibility index (Phi) is 12.6. The van der Waals surface area contributed by atoms with Crippen LogP contribution in [0.15, 0.2) is 0 Å². The average molecular weight is 212 g/mol. The van der Waals surface area contributed by atoms with Crippen LogP contribution in [0.1, 0.15) is 0 Å². The second kappa shape index (κ2) is 9.38. The first-order valence-corrected chi connectivity index (χ1v) is 11.3. The predicted molar refractivity (Wildman–Crippen MR) is 67.1 cm³/mol. The van der Waals surface area contributed by atoms with Gasteiger partial charge in [-0.15, -0.1) is 23.8 Å². The predicted octanol–water partition coefficient (Wildman–Crippen LogP) is 3.78. The highest BCUT2D eigenvalue weighted by Gasteiger charge is 1.94. The molecule has 0 aliphatic carbocycles. The second-order valence-electron chi connectivity index (χ2n) is 3.64. The van der Waals surface area contributed by atoms with E-state index in [1.807, 2.05) is 0 Å². The molecule has 0 unspecified atom stereocenters. The third-order valence-corrected chi connectivity index (χ3v) is 5.09. The van der Waals surface area contributed by atoms with Gasteiger partial charge in [0.15, 0.2) is 0 Å². The molecule has 0 aliphatic rings. The summed E-state index contributed by atoms with van der Waals surface area (Å²) in [4.78, 5) is 0. The lowest BCUT2D eigenvalue weighted by Gasteiger charge is -2.07. The second-order valence-corrected chi connectivity index (χ2v) is 11.8. The van der Waals surface area contributed by atoms with Gasteiger partial charge in [-0.25, -0.2) is 0 Å². The van der Waals surface area contributed by atoms with Crippen molar-refractivity contribution in [2.45, 2.75) is 0 Å². The quantitative estimate of drug-likeness (QED) is 0.611. The summed E-state index contributed by atoms with van der Waals surface area (Å²) in [6.45, 7) is 16.1. The Balaban J connectivity index is 0. The van der Waals surface area contributed by atoms with E-state index < -0.39 is 0 Å². The third-order valence-electron chi connectivity index (χ3n) is 0.566. The maximum atomic E-state index is 2.34. The Bertz CT molecular complexity index is 61.0. The molecule has 11 heavy (non-hydrogen) atoms. The number of hydrogen-bond acceptors (Lipinski definition) is 0. The molecule has 0 spiro atoms. The van der Waals surface area contributed by atoms with Crippen molar-refractivity contribution in [1.29, 1.82) is 0 Å². The maximum Gasteiger partial charge on any atom is -0.0130 e. The van der Waals surface area contributed by atoms with Crippen LogP contribution in [0.2, 0.25) is 0 Å². The molecule has 0 aromatic heterocycles. The van der Waals surface area contributed by atoms with Gasteiger partial charge in [0.05, 0.1) is 0 Å². The largest absolute Gasteiger partial charge is 0.116 e. The van der Waals surface area contributed by atoms with Crippen molar-refractivity contribution in [2.75, 3.05) is 52.6 Å². The molecule has 0 saturated carbocycles. The lowest BCUT2D eigenvalue weighted by Crippen LogP contribution is -1.74. The van der Waals surface area contributed by atoms with Gasteiger partial charge in [0, 0.05) is 0 Å². The standard InChI is InChI=1S/C5H14P2.C3H9P/c1-6(2)5-7(3)4;1-4(2)3/h5H2,1-4H3;1-3H3. The summed E-state index contributed by atoms with van der Waals surface area (Å²) in [6, 6.07) is 0. The molecule has 0 aromatic rings. The highest BCUT2D eigenvalue weighted by Crippen LogP contribution is 2.40. The van der Waals surface area contributed by atoms with Gasteiger partial charge in [0.25, 0.3) is 0 Å². The summed E-state index contributed by atoms with van der Waals surface area (Å²) in [5, 5.41) is 0. The molecule has 0 nitrogen and oxygen atoms in total. The molecule has 0 N–H and O–H groups in total. The van der Waals surface area contributed by atoms with E-state index in [0.29, 0.717) is 23.8 Å². The highest BCUT2D eigenvalue weighted by molar-refractivity contribution is 7.73. The van der Waals surface area contributed by atoms with E-state index in [1.165, 1.54) is 5.90 Å². The molecule has 0 atom stereocenters. The molecule has 0 saturated heterocycles. The van der Waals surface area contributed by atoms with Gasteiger partial charge in [-0.3, -0.25) is 0 Å². The van der Waals surface area contributed by atoms with Crippen molar-refractivity contribution in [3.8, 4) is 0 Å².